The van der Waals surface area contributed by atoms with Gasteiger partial charge in [-0.2, -0.15) is 0 Å². The molecule has 1 heterocycles. The van der Waals surface area contributed by atoms with Crippen molar-refractivity contribution < 1.29 is 18.7 Å². The Kier molecular flexibility index (Phi) is 5.54. The Morgan fingerprint density at radius 3 is 2.71 bits per heavy atom. The summed E-state index contributed by atoms with van der Waals surface area (Å²) in [6, 6.07) is 9.44. The van der Waals surface area contributed by atoms with Gasteiger partial charge in [0, 0.05) is 11.6 Å². The second-order valence-electron chi connectivity index (χ2n) is 6.81. The molecule has 1 atom stereocenters. The lowest BCUT2D eigenvalue weighted by atomic mass is 9.87. The minimum atomic E-state index is -0.850. The molecule has 0 aliphatic carbocycles. The maximum atomic E-state index is 13.8. The number of benzene rings is 2. The number of amides is 2. The Balaban J connectivity index is 2.11. The molecule has 1 saturated heterocycles. The number of carbonyl (C=O) groups excluding carboxylic acids is 2. The standard InChI is InChI=1S/C21H20ClFN2O3/c1-3-19(26)25-6-7-28-12-21(25,2)15-8-14(9-16(22)11-15)13-4-5-18(23)17(10-13)20(24)27/h3-5,8-11H,1,6-7,12H2,2H3,(H2,24,27). The van der Waals surface area contributed by atoms with Gasteiger partial charge in [-0.1, -0.05) is 24.2 Å². The summed E-state index contributed by atoms with van der Waals surface area (Å²) in [7, 11) is 0. The molecule has 3 rings (SSSR count). The summed E-state index contributed by atoms with van der Waals surface area (Å²) in [6.45, 7) is 6.62. The number of carbonyl (C=O) groups is 2. The Labute approximate surface area is 167 Å². The van der Waals surface area contributed by atoms with Crippen molar-refractivity contribution in [3.05, 3.63) is 71.0 Å². The van der Waals surface area contributed by atoms with E-state index >= 15 is 0 Å². The zero-order valence-electron chi connectivity index (χ0n) is 15.4. The van der Waals surface area contributed by atoms with E-state index in [1.807, 2.05) is 13.0 Å². The summed E-state index contributed by atoms with van der Waals surface area (Å²) >= 11 is 6.35. The molecule has 1 unspecified atom stereocenters. The highest BCUT2D eigenvalue weighted by Crippen LogP contribution is 2.36. The van der Waals surface area contributed by atoms with Gasteiger partial charge in [-0.3, -0.25) is 9.59 Å². The SMILES string of the molecule is C=CC(=O)N1CCOCC1(C)c1cc(Cl)cc(-c2ccc(F)c(C(N)=O)c2)c1. The van der Waals surface area contributed by atoms with Gasteiger partial charge in [0.2, 0.25) is 5.91 Å². The van der Waals surface area contributed by atoms with E-state index in [1.165, 1.54) is 18.2 Å². The highest BCUT2D eigenvalue weighted by Gasteiger charge is 2.39. The van der Waals surface area contributed by atoms with Gasteiger partial charge >= 0.3 is 0 Å². The van der Waals surface area contributed by atoms with Gasteiger partial charge in [0.15, 0.2) is 0 Å². The highest BCUT2D eigenvalue weighted by atomic mass is 35.5. The minimum Gasteiger partial charge on any atom is -0.377 e. The van der Waals surface area contributed by atoms with Crippen LogP contribution in [-0.2, 0) is 15.1 Å². The van der Waals surface area contributed by atoms with E-state index in [4.69, 9.17) is 22.1 Å². The molecule has 2 N–H and O–H groups in total. The Morgan fingerprint density at radius 2 is 2.04 bits per heavy atom. The first-order chi connectivity index (χ1) is 13.3. The van der Waals surface area contributed by atoms with Crippen molar-refractivity contribution in [2.75, 3.05) is 19.8 Å². The molecule has 7 heteroatoms. The molecule has 0 aromatic heterocycles. The molecule has 28 heavy (non-hydrogen) atoms. The molecule has 1 aliphatic rings. The van der Waals surface area contributed by atoms with Crippen molar-refractivity contribution in [2.24, 2.45) is 5.73 Å². The number of ether oxygens (including phenoxy) is 1. The van der Waals surface area contributed by atoms with Gasteiger partial charge in [-0.15, -0.1) is 0 Å². The van der Waals surface area contributed by atoms with E-state index in [0.29, 0.717) is 35.9 Å². The van der Waals surface area contributed by atoms with Crippen LogP contribution < -0.4 is 5.73 Å². The lowest BCUT2D eigenvalue weighted by molar-refractivity contribution is -0.143. The van der Waals surface area contributed by atoms with E-state index in [-0.39, 0.29) is 11.5 Å². The molecule has 0 radical (unpaired) electrons. The van der Waals surface area contributed by atoms with E-state index < -0.39 is 17.3 Å². The van der Waals surface area contributed by atoms with Crippen LogP contribution in [0.1, 0.15) is 22.8 Å². The average Bonchev–Trinajstić information content (AvgIpc) is 2.67. The fourth-order valence-electron chi connectivity index (χ4n) is 3.42. The minimum absolute atomic E-state index is 0.199. The van der Waals surface area contributed by atoms with Crippen LogP contribution in [0.15, 0.2) is 49.1 Å². The van der Waals surface area contributed by atoms with Crippen LogP contribution in [0.3, 0.4) is 0 Å². The third-order valence-electron chi connectivity index (χ3n) is 4.96. The van der Waals surface area contributed by atoms with Crippen LogP contribution in [0.5, 0.6) is 0 Å². The van der Waals surface area contributed by atoms with Gasteiger partial charge in [0.25, 0.3) is 5.91 Å². The van der Waals surface area contributed by atoms with Gasteiger partial charge in [-0.05, 0) is 60.0 Å². The normalized spacial score (nSPS) is 19.3. The predicted octanol–water partition coefficient (Wildman–Crippen LogP) is 3.51. The van der Waals surface area contributed by atoms with E-state index in [9.17, 15) is 14.0 Å². The number of nitrogens with two attached hydrogens (primary N) is 1. The predicted molar refractivity (Wildman–Crippen MR) is 105 cm³/mol. The van der Waals surface area contributed by atoms with Crippen LogP contribution >= 0.6 is 11.6 Å². The molecule has 0 spiro atoms. The number of rotatable bonds is 4. The van der Waals surface area contributed by atoms with Crippen molar-refractivity contribution in [1.29, 1.82) is 0 Å². The second-order valence-corrected chi connectivity index (χ2v) is 7.24. The molecular formula is C21H20ClFN2O3. The molecule has 146 valence electrons. The molecular weight excluding hydrogens is 383 g/mol. The highest BCUT2D eigenvalue weighted by molar-refractivity contribution is 6.31. The summed E-state index contributed by atoms with van der Waals surface area (Å²) in [6.07, 6.45) is 1.27. The summed E-state index contributed by atoms with van der Waals surface area (Å²) in [4.78, 5) is 25.5. The number of nitrogens with zero attached hydrogens (tertiary/aromatic N) is 1. The molecule has 2 amide bonds. The van der Waals surface area contributed by atoms with Crippen LogP contribution in [0.4, 0.5) is 4.39 Å². The average molecular weight is 403 g/mol. The molecule has 1 aliphatic heterocycles. The van der Waals surface area contributed by atoms with Crippen molar-refractivity contribution in [3.8, 4) is 11.1 Å². The van der Waals surface area contributed by atoms with Crippen LogP contribution in [0.25, 0.3) is 11.1 Å². The number of morpholine rings is 1. The van der Waals surface area contributed by atoms with Crippen LogP contribution in [0.2, 0.25) is 5.02 Å². The fourth-order valence-corrected chi connectivity index (χ4v) is 3.65. The zero-order chi connectivity index (χ0) is 20.5. The van der Waals surface area contributed by atoms with Gasteiger partial charge < -0.3 is 15.4 Å². The Hall–Kier alpha value is -2.70. The smallest absolute Gasteiger partial charge is 0.251 e. The molecule has 0 saturated carbocycles. The molecule has 5 nitrogen and oxygen atoms in total. The quantitative estimate of drug-likeness (QED) is 0.795. The van der Waals surface area contributed by atoms with Crippen molar-refractivity contribution in [3.63, 3.8) is 0 Å². The summed E-state index contributed by atoms with van der Waals surface area (Å²) < 4.78 is 19.5. The first-order valence-corrected chi connectivity index (χ1v) is 9.06. The van der Waals surface area contributed by atoms with Gasteiger partial charge in [-0.25, -0.2) is 4.39 Å². The first-order valence-electron chi connectivity index (χ1n) is 8.69. The third-order valence-corrected chi connectivity index (χ3v) is 5.18. The molecule has 2 aromatic carbocycles. The monoisotopic (exact) mass is 402 g/mol. The van der Waals surface area contributed by atoms with Crippen LogP contribution in [0, 0.1) is 5.82 Å². The third kappa shape index (κ3) is 3.66. The van der Waals surface area contributed by atoms with Gasteiger partial charge in [0.05, 0.1) is 24.3 Å². The molecule has 0 bridgehead atoms. The second kappa shape index (κ2) is 7.73. The fraction of sp³-hybridized carbons (Fsp3) is 0.238. The summed E-state index contributed by atoms with van der Waals surface area (Å²) in [5, 5.41) is 0.440. The van der Waals surface area contributed by atoms with Gasteiger partial charge in [0.1, 0.15) is 5.82 Å². The number of hydrogen-bond donors (Lipinski definition) is 1. The van der Waals surface area contributed by atoms with E-state index in [0.717, 1.165) is 5.56 Å². The van der Waals surface area contributed by atoms with Crippen molar-refractivity contribution in [2.45, 2.75) is 12.5 Å². The van der Waals surface area contributed by atoms with Crippen molar-refractivity contribution >= 4 is 23.4 Å². The lowest BCUT2D eigenvalue weighted by Crippen LogP contribution is -2.54. The topological polar surface area (TPSA) is 72.6 Å². The number of primary amides is 1. The number of halogens is 2. The van der Waals surface area contributed by atoms with Crippen LogP contribution in [-0.4, -0.2) is 36.5 Å². The largest absolute Gasteiger partial charge is 0.377 e. The van der Waals surface area contributed by atoms with E-state index in [2.05, 4.69) is 6.58 Å². The Bertz CT molecular complexity index is 963. The molecule has 1 fully saturated rings. The maximum absolute atomic E-state index is 13.8. The summed E-state index contributed by atoms with van der Waals surface area (Å²) in [5.74, 6) is -1.74. The molecule has 2 aromatic rings. The number of hydrogen-bond acceptors (Lipinski definition) is 3. The maximum Gasteiger partial charge on any atom is 0.251 e. The zero-order valence-corrected chi connectivity index (χ0v) is 16.1. The lowest BCUT2D eigenvalue weighted by Gasteiger charge is -2.44. The Morgan fingerprint density at radius 1 is 1.29 bits per heavy atom. The van der Waals surface area contributed by atoms with E-state index in [1.54, 1.807) is 23.1 Å². The summed E-state index contributed by atoms with van der Waals surface area (Å²) in [5.41, 5.74) is 6.31. The first kappa shape index (κ1) is 20.0. The van der Waals surface area contributed by atoms with Crippen molar-refractivity contribution in [1.82, 2.24) is 4.90 Å².